The Morgan fingerprint density at radius 3 is 2.44 bits per heavy atom. The zero-order valence-electron chi connectivity index (χ0n) is 9.23. The van der Waals surface area contributed by atoms with Crippen molar-refractivity contribution in [3.05, 3.63) is 24.5 Å². The van der Waals surface area contributed by atoms with Crippen LogP contribution >= 0.6 is 0 Å². The molecule has 0 aliphatic heterocycles. The minimum Gasteiger partial charge on any atom is -0.382 e. The fourth-order valence-electron chi connectivity index (χ4n) is 2.21. The Morgan fingerprint density at radius 2 is 1.88 bits per heavy atom. The van der Waals surface area contributed by atoms with E-state index >= 15 is 0 Å². The molecule has 0 atom stereocenters. The molecule has 0 unspecified atom stereocenters. The molecule has 1 aromatic heterocycles. The maximum Gasteiger partial charge on any atom is 0.220 e. The van der Waals surface area contributed by atoms with E-state index in [0.717, 1.165) is 31.4 Å². The number of hydrogen-bond acceptors (Lipinski definition) is 3. The number of amides is 1. The second-order valence-corrected chi connectivity index (χ2v) is 4.33. The number of rotatable bonds is 3. The number of aromatic nitrogens is 1. The summed E-state index contributed by atoms with van der Waals surface area (Å²) in [5, 5.41) is 3.45. The van der Waals surface area contributed by atoms with Crippen molar-refractivity contribution in [1.29, 1.82) is 0 Å². The molecule has 1 aliphatic rings. The highest BCUT2D eigenvalue weighted by Crippen LogP contribution is 2.26. The summed E-state index contributed by atoms with van der Waals surface area (Å²) in [5.41, 5.74) is 6.39. The van der Waals surface area contributed by atoms with Gasteiger partial charge in [0.05, 0.1) is 0 Å². The fourth-order valence-corrected chi connectivity index (χ4v) is 2.21. The molecule has 0 aromatic carbocycles. The number of pyridine rings is 1. The Morgan fingerprint density at radius 1 is 1.25 bits per heavy atom. The third kappa shape index (κ3) is 2.72. The first kappa shape index (κ1) is 10.9. The third-order valence-electron chi connectivity index (χ3n) is 3.18. The molecular weight excluding hydrogens is 202 g/mol. The first-order chi connectivity index (χ1) is 7.75. The van der Waals surface area contributed by atoms with Crippen LogP contribution in [0.4, 0.5) is 5.69 Å². The molecule has 1 heterocycles. The van der Waals surface area contributed by atoms with E-state index in [0.29, 0.717) is 6.04 Å². The first-order valence-electron chi connectivity index (χ1n) is 5.71. The van der Waals surface area contributed by atoms with Crippen LogP contribution in [0.3, 0.4) is 0 Å². The minimum absolute atomic E-state index is 0.0792. The number of primary amides is 1. The largest absolute Gasteiger partial charge is 0.382 e. The lowest BCUT2D eigenvalue weighted by atomic mass is 9.85. The molecule has 1 amide bonds. The molecule has 1 saturated carbocycles. The summed E-state index contributed by atoms with van der Waals surface area (Å²) in [6.45, 7) is 0. The fraction of sp³-hybridized carbons (Fsp3) is 0.500. The number of nitrogens with two attached hydrogens (primary N) is 1. The van der Waals surface area contributed by atoms with E-state index < -0.39 is 0 Å². The van der Waals surface area contributed by atoms with Gasteiger partial charge in [-0.15, -0.1) is 0 Å². The van der Waals surface area contributed by atoms with Crippen LogP contribution in [0.25, 0.3) is 0 Å². The standard InChI is InChI=1S/C12H17N3O/c13-12(16)9-1-3-10(4-2-9)15-11-5-7-14-8-6-11/h5-10H,1-4H2,(H2,13,16)(H,14,15). The van der Waals surface area contributed by atoms with E-state index in [1.807, 2.05) is 12.1 Å². The predicted octanol–water partition coefficient (Wildman–Crippen LogP) is 1.54. The van der Waals surface area contributed by atoms with Crippen LogP contribution in [0.15, 0.2) is 24.5 Å². The lowest BCUT2D eigenvalue weighted by molar-refractivity contribution is -0.122. The van der Waals surface area contributed by atoms with Crippen molar-refractivity contribution in [2.24, 2.45) is 11.7 Å². The van der Waals surface area contributed by atoms with Crippen molar-refractivity contribution in [1.82, 2.24) is 4.98 Å². The van der Waals surface area contributed by atoms with Crippen LogP contribution in [-0.4, -0.2) is 16.9 Å². The van der Waals surface area contributed by atoms with Gasteiger partial charge in [0.25, 0.3) is 0 Å². The van der Waals surface area contributed by atoms with Gasteiger partial charge in [0.1, 0.15) is 0 Å². The lowest BCUT2D eigenvalue weighted by Gasteiger charge is -2.28. The number of carbonyl (C=O) groups excluding carboxylic acids is 1. The van der Waals surface area contributed by atoms with Gasteiger partial charge in [-0.3, -0.25) is 9.78 Å². The van der Waals surface area contributed by atoms with Gasteiger partial charge < -0.3 is 11.1 Å². The number of anilines is 1. The van der Waals surface area contributed by atoms with Gasteiger partial charge >= 0.3 is 0 Å². The molecule has 1 fully saturated rings. The Balaban J connectivity index is 1.84. The zero-order valence-corrected chi connectivity index (χ0v) is 9.23. The summed E-state index contributed by atoms with van der Waals surface area (Å²) in [6, 6.07) is 4.37. The van der Waals surface area contributed by atoms with E-state index in [1.54, 1.807) is 12.4 Å². The number of carbonyl (C=O) groups is 1. The summed E-state index contributed by atoms with van der Waals surface area (Å²) >= 11 is 0. The van der Waals surface area contributed by atoms with E-state index in [9.17, 15) is 4.79 Å². The van der Waals surface area contributed by atoms with Gasteiger partial charge in [-0.2, -0.15) is 0 Å². The summed E-state index contributed by atoms with van der Waals surface area (Å²) < 4.78 is 0. The van der Waals surface area contributed by atoms with Crippen molar-refractivity contribution >= 4 is 11.6 Å². The van der Waals surface area contributed by atoms with Crippen LogP contribution in [0.1, 0.15) is 25.7 Å². The van der Waals surface area contributed by atoms with Crippen molar-refractivity contribution < 1.29 is 4.79 Å². The average Bonchev–Trinajstić information content (AvgIpc) is 2.31. The van der Waals surface area contributed by atoms with E-state index in [1.165, 1.54) is 0 Å². The minimum atomic E-state index is -0.151. The Kier molecular flexibility index (Phi) is 3.39. The zero-order chi connectivity index (χ0) is 11.4. The first-order valence-corrected chi connectivity index (χ1v) is 5.71. The molecule has 0 spiro atoms. The molecular formula is C12H17N3O. The van der Waals surface area contributed by atoms with E-state index in [-0.39, 0.29) is 11.8 Å². The van der Waals surface area contributed by atoms with Crippen LogP contribution < -0.4 is 11.1 Å². The summed E-state index contributed by atoms with van der Waals surface area (Å²) in [7, 11) is 0. The predicted molar refractivity (Wildman–Crippen MR) is 62.8 cm³/mol. The molecule has 0 radical (unpaired) electrons. The lowest BCUT2D eigenvalue weighted by Crippen LogP contribution is -2.32. The third-order valence-corrected chi connectivity index (χ3v) is 3.18. The van der Waals surface area contributed by atoms with Gasteiger partial charge in [0.2, 0.25) is 5.91 Å². The van der Waals surface area contributed by atoms with Crippen LogP contribution in [0.2, 0.25) is 0 Å². The Hall–Kier alpha value is -1.58. The van der Waals surface area contributed by atoms with Gasteiger partial charge in [-0.05, 0) is 37.8 Å². The second-order valence-electron chi connectivity index (χ2n) is 4.33. The summed E-state index contributed by atoms with van der Waals surface area (Å²) in [4.78, 5) is 15.0. The number of hydrogen-bond donors (Lipinski definition) is 2. The quantitative estimate of drug-likeness (QED) is 0.810. The van der Waals surface area contributed by atoms with Gasteiger partial charge in [0, 0.05) is 30.0 Å². The van der Waals surface area contributed by atoms with Crippen molar-refractivity contribution in [2.45, 2.75) is 31.7 Å². The van der Waals surface area contributed by atoms with Gasteiger partial charge in [-0.1, -0.05) is 0 Å². The molecule has 1 aromatic rings. The normalized spacial score (nSPS) is 25.0. The van der Waals surface area contributed by atoms with E-state index in [4.69, 9.17) is 5.73 Å². The van der Waals surface area contributed by atoms with Crippen molar-refractivity contribution in [3.63, 3.8) is 0 Å². The summed E-state index contributed by atoms with van der Waals surface area (Å²) in [5.74, 6) is -0.0714. The molecule has 3 N–H and O–H groups in total. The molecule has 0 saturated heterocycles. The van der Waals surface area contributed by atoms with Crippen molar-refractivity contribution in [3.8, 4) is 0 Å². The highest BCUT2D eigenvalue weighted by Gasteiger charge is 2.24. The number of nitrogens with zero attached hydrogens (tertiary/aromatic N) is 1. The molecule has 86 valence electrons. The van der Waals surface area contributed by atoms with Crippen molar-refractivity contribution in [2.75, 3.05) is 5.32 Å². The molecule has 16 heavy (non-hydrogen) atoms. The second kappa shape index (κ2) is 4.96. The smallest absolute Gasteiger partial charge is 0.220 e. The molecule has 0 bridgehead atoms. The van der Waals surface area contributed by atoms with Crippen LogP contribution in [0, 0.1) is 5.92 Å². The maximum atomic E-state index is 11.0. The maximum absolute atomic E-state index is 11.0. The average molecular weight is 219 g/mol. The van der Waals surface area contributed by atoms with Gasteiger partial charge in [0.15, 0.2) is 0 Å². The highest BCUT2D eigenvalue weighted by molar-refractivity contribution is 5.76. The number of nitrogens with one attached hydrogen (secondary N) is 1. The molecule has 4 heteroatoms. The van der Waals surface area contributed by atoms with Crippen LogP contribution in [-0.2, 0) is 4.79 Å². The van der Waals surface area contributed by atoms with Gasteiger partial charge in [-0.25, -0.2) is 0 Å². The molecule has 4 nitrogen and oxygen atoms in total. The van der Waals surface area contributed by atoms with E-state index in [2.05, 4.69) is 10.3 Å². The molecule has 2 rings (SSSR count). The summed E-state index contributed by atoms with van der Waals surface area (Å²) in [6.07, 6.45) is 7.37. The Labute approximate surface area is 95.3 Å². The Bertz CT molecular complexity index is 345. The highest BCUT2D eigenvalue weighted by atomic mass is 16.1. The monoisotopic (exact) mass is 219 g/mol. The topological polar surface area (TPSA) is 68.0 Å². The van der Waals surface area contributed by atoms with Crippen LogP contribution in [0.5, 0.6) is 0 Å². The SMILES string of the molecule is NC(=O)C1CCC(Nc2ccncc2)CC1. The molecule has 1 aliphatic carbocycles.